The first-order valence-corrected chi connectivity index (χ1v) is 6.53. The molecule has 102 valence electrons. The molecule has 0 heterocycles. The summed E-state index contributed by atoms with van der Waals surface area (Å²) in [5.74, 6) is 0.404. The van der Waals surface area contributed by atoms with Crippen LogP contribution in [-0.2, 0) is 9.53 Å². The maximum absolute atomic E-state index is 12.2. The van der Waals surface area contributed by atoms with Crippen molar-refractivity contribution in [3.8, 4) is 0 Å². The number of esters is 1. The molecule has 0 spiro atoms. The largest absolute Gasteiger partial charge is 0.459 e. The molecule has 0 aliphatic heterocycles. The predicted molar refractivity (Wildman–Crippen MR) is 72.9 cm³/mol. The van der Waals surface area contributed by atoms with Crippen LogP contribution >= 0.6 is 0 Å². The molecular formula is C15H30O2. The van der Waals surface area contributed by atoms with E-state index >= 15 is 0 Å². The Morgan fingerprint density at radius 3 is 1.71 bits per heavy atom. The van der Waals surface area contributed by atoms with E-state index in [0.717, 1.165) is 6.42 Å². The van der Waals surface area contributed by atoms with Gasteiger partial charge in [0, 0.05) is 5.41 Å². The van der Waals surface area contributed by atoms with Gasteiger partial charge in [0.1, 0.15) is 5.60 Å². The van der Waals surface area contributed by atoms with E-state index in [1.165, 1.54) is 0 Å². The standard InChI is InChI=1S/C15H30O2/c1-11(2)10-14(6,7)12(16)17-15(8,9)13(3,4)5/h11H,10H2,1-9H3. The molecule has 0 saturated heterocycles. The molecule has 0 fully saturated rings. The molecule has 0 amide bonds. The Labute approximate surface area is 107 Å². The van der Waals surface area contributed by atoms with Crippen LogP contribution in [0.4, 0.5) is 0 Å². The summed E-state index contributed by atoms with van der Waals surface area (Å²) >= 11 is 0. The fraction of sp³-hybridized carbons (Fsp3) is 0.933. The first-order valence-electron chi connectivity index (χ1n) is 6.53. The zero-order valence-electron chi connectivity index (χ0n) is 13.1. The lowest BCUT2D eigenvalue weighted by molar-refractivity contribution is -0.178. The van der Waals surface area contributed by atoms with E-state index < -0.39 is 11.0 Å². The highest BCUT2D eigenvalue weighted by Gasteiger charge is 2.40. The fourth-order valence-corrected chi connectivity index (χ4v) is 1.63. The second kappa shape index (κ2) is 4.99. The van der Waals surface area contributed by atoms with Gasteiger partial charge in [0.25, 0.3) is 0 Å². The first-order chi connectivity index (χ1) is 7.29. The van der Waals surface area contributed by atoms with Crippen molar-refractivity contribution in [2.24, 2.45) is 16.7 Å². The Morgan fingerprint density at radius 2 is 1.41 bits per heavy atom. The highest BCUT2D eigenvalue weighted by molar-refractivity contribution is 5.76. The summed E-state index contributed by atoms with van der Waals surface area (Å²) in [4.78, 5) is 12.2. The van der Waals surface area contributed by atoms with Crippen LogP contribution in [0.25, 0.3) is 0 Å². The van der Waals surface area contributed by atoms with Crippen LogP contribution in [0.15, 0.2) is 0 Å². The second-order valence-corrected chi connectivity index (χ2v) is 7.63. The highest BCUT2D eigenvalue weighted by atomic mass is 16.6. The van der Waals surface area contributed by atoms with Crippen LogP contribution in [0.3, 0.4) is 0 Å². The van der Waals surface area contributed by atoms with Gasteiger partial charge in [-0.25, -0.2) is 0 Å². The van der Waals surface area contributed by atoms with Crippen molar-refractivity contribution in [2.75, 3.05) is 0 Å². The molecular weight excluding hydrogens is 212 g/mol. The van der Waals surface area contributed by atoms with Gasteiger partial charge < -0.3 is 4.74 Å². The van der Waals surface area contributed by atoms with E-state index in [2.05, 4.69) is 34.6 Å². The van der Waals surface area contributed by atoms with Crippen molar-refractivity contribution < 1.29 is 9.53 Å². The molecule has 0 aromatic heterocycles. The number of ether oxygens (including phenoxy) is 1. The topological polar surface area (TPSA) is 26.3 Å². The average molecular weight is 242 g/mol. The van der Waals surface area contributed by atoms with Crippen LogP contribution < -0.4 is 0 Å². The predicted octanol–water partition coefficient (Wildman–Crippen LogP) is 4.43. The van der Waals surface area contributed by atoms with Gasteiger partial charge in [-0.3, -0.25) is 4.79 Å². The molecule has 0 unspecified atom stereocenters. The SMILES string of the molecule is CC(C)CC(C)(C)C(=O)OC(C)(C)C(C)(C)C. The Kier molecular flexibility index (Phi) is 4.84. The first kappa shape index (κ1) is 16.5. The smallest absolute Gasteiger partial charge is 0.312 e. The molecule has 0 aliphatic carbocycles. The third kappa shape index (κ3) is 4.69. The number of carbonyl (C=O) groups is 1. The van der Waals surface area contributed by atoms with Gasteiger partial charge in [0.15, 0.2) is 0 Å². The Balaban J connectivity index is 4.76. The summed E-state index contributed by atoms with van der Waals surface area (Å²) in [6.45, 7) is 18.4. The number of rotatable bonds is 4. The van der Waals surface area contributed by atoms with Gasteiger partial charge >= 0.3 is 5.97 Å². The lowest BCUT2D eigenvalue weighted by Crippen LogP contribution is -2.44. The minimum atomic E-state index is -0.446. The van der Waals surface area contributed by atoms with E-state index in [1.54, 1.807) is 0 Å². The summed E-state index contributed by atoms with van der Waals surface area (Å²) in [6, 6.07) is 0. The summed E-state index contributed by atoms with van der Waals surface area (Å²) < 4.78 is 5.73. The zero-order valence-corrected chi connectivity index (χ0v) is 13.1. The summed E-state index contributed by atoms with van der Waals surface area (Å²) in [6.07, 6.45) is 0.853. The van der Waals surface area contributed by atoms with E-state index in [0.29, 0.717) is 5.92 Å². The van der Waals surface area contributed by atoms with Crippen molar-refractivity contribution in [3.63, 3.8) is 0 Å². The van der Waals surface area contributed by atoms with Gasteiger partial charge in [-0.05, 0) is 40.0 Å². The Morgan fingerprint density at radius 1 is 1.00 bits per heavy atom. The molecule has 0 rings (SSSR count). The molecule has 0 aromatic rings. The van der Waals surface area contributed by atoms with E-state index in [9.17, 15) is 4.79 Å². The molecule has 0 bridgehead atoms. The lowest BCUT2D eigenvalue weighted by Gasteiger charge is -2.40. The summed E-state index contributed by atoms with van der Waals surface area (Å²) in [7, 11) is 0. The molecule has 0 aromatic carbocycles. The van der Waals surface area contributed by atoms with Gasteiger partial charge in [-0.2, -0.15) is 0 Å². The van der Waals surface area contributed by atoms with Gasteiger partial charge in [-0.15, -0.1) is 0 Å². The van der Waals surface area contributed by atoms with E-state index in [-0.39, 0.29) is 11.4 Å². The van der Waals surface area contributed by atoms with Gasteiger partial charge in [0.05, 0.1) is 5.41 Å². The van der Waals surface area contributed by atoms with Crippen molar-refractivity contribution in [1.29, 1.82) is 0 Å². The zero-order chi connectivity index (χ0) is 14.1. The molecule has 0 saturated carbocycles. The molecule has 17 heavy (non-hydrogen) atoms. The monoisotopic (exact) mass is 242 g/mol. The van der Waals surface area contributed by atoms with Crippen LogP contribution in [0.2, 0.25) is 0 Å². The van der Waals surface area contributed by atoms with E-state index in [4.69, 9.17) is 4.74 Å². The van der Waals surface area contributed by atoms with Crippen LogP contribution in [0.1, 0.15) is 68.7 Å². The number of hydrogen-bond acceptors (Lipinski definition) is 2. The maximum atomic E-state index is 12.2. The van der Waals surface area contributed by atoms with Crippen molar-refractivity contribution in [2.45, 2.75) is 74.3 Å². The fourth-order valence-electron chi connectivity index (χ4n) is 1.63. The number of hydrogen-bond donors (Lipinski definition) is 0. The quantitative estimate of drug-likeness (QED) is 0.682. The third-order valence-corrected chi connectivity index (χ3v) is 3.63. The normalized spacial score (nSPS) is 14.0. The molecule has 0 atom stereocenters. The molecule has 2 nitrogen and oxygen atoms in total. The summed E-state index contributed by atoms with van der Waals surface area (Å²) in [5, 5.41) is 0. The minimum Gasteiger partial charge on any atom is -0.459 e. The van der Waals surface area contributed by atoms with Gasteiger partial charge in [0.2, 0.25) is 0 Å². The average Bonchev–Trinajstić information content (AvgIpc) is 1.97. The van der Waals surface area contributed by atoms with Crippen LogP contribution in [-0.4, -0.2) is 11.6 Å². The van der Waals surface area contributed by atoms with Crippen molar-refractivity contribution in [3.05, 3.63) is 0 Å². The number of carbonyl (C=O) groups excluding carboxylic acids is 1. The maximum Gasteiger partial charge on any atom is 0.312 e. The molecule has 0 aliphatic rings. The van der Waals surface area contributed by atoms with Crippen LogP contribution in [0, 0.1) is 16.7 Å². The van der Waals surface area contributed by atoms with Gasteiger partial charge in [-0.1, -0.05) is 34.6 Å². The molecule has 0 N–H and O–H groups in total. The molecule has 2 heteroatoms. The van der Waals surface area contributed by atoms with Crippen molar-refractivity contribution in [1.82, 2.24) is 0 Å². The van der Waals surface area contributed by atoms with Crippen molar-refractivity contribution >= 4 is 5.97 Å². The third-order valence-electron chi connectivity index (χ3n) is 3.63. The second-order valence-electron chi connectivity index (χ2n) is 7.63. The van der Waals surface area contributed by atoms with E-state index in [1.807, 2.05) is 27.7 Å². The Bertz CT molecular complexity index is 267. The summed E-state index contributed by atoms with van der Waals surface area (Å²) in [5.41, 5.74) is -0.911. The highest BCUT2D eigenvalue weighted by Crippen LogP contribution is 2.36. The van der Waals surface area contributed by atoms with Crippen LogP contribution in [0.5, 0.6) is 0 Å². The lowest BCUT2D eigenvalue weighted by atomic mass is 9.78. The Hall–Kier alpha value is -0.530. The molecule has 0 radical (unpaired) electrons. The minimum absolute atomic E-state index is 0.0590.